The first-order valence-corrected chi connectivity index (χ1v) is 9.03. The number of aromatic hydroxyl groups is 1. The molecule has 1 fully saturated rings. The summed E-state index contributed by atoms with van der Waals surface area (Å²) in [5.74, 6) is -3.13. The van der Waals surface area contributed by atoms with Gasteiger partial charge < -0.3 is 24.8 Å². The molecule has 1 amide bonds. The van der Waals surface area contributed by atoms with Crippen LogP contribution < -0.4 is 10.7 Å². The average molecular weight is 407 g/mol. The highest BCUT2D eigenvalue weighted by molar-refractivity contribution is 5.94. The molecular weight excluding hydrogens is 388 g/mol. The van der Waals surface area contributed by atoms with Gasteiger partial charge >= 0.3 is 0 Å². The topological polar surface area (TPSA) is 104 Å². The summed E-state index contributed by atoms with van der Waals surface area (Å²) in [6, 6.07) is 2.83. The third-order valence-electron chi connectivity index (χ3n) is 5.25. The summed E-state index contributed by atoms with van der Waals surface area (Å²) in [6.07, 6.45) is -0.483. The van der Waals surface area contributed by atoms with Gasteiger partial charge in [0.05, 0.1) is 13.2 Å². The summed E-state index contributed by atoms with van der Waals surface area (Å²) >= 11 is 0. The molecule has 1 saturated heterocycles. The zero-order chi connectivity index (χ0) is 20.9. The van der Waals surface area contributed by atoms with Crippen molar-refractivity contribution < 1.29 is 28.5 Å². The molecule has 3 heterocycles. The number of halogens is 2. The average Bonchev–Trinajstić information content (AvgIpc) is 3.04. The lowest BCUT2D eigenvalue weighted by molar-refractivity contribution is -0.105. The van der Waals surface area contributed by atoms with E-state index in [9.17, 15) is 28.6 Å². The number of nitrogens with one attached hydrogen (secondary N) is 1. The lowest BCUT2D eigenvalue weighted by atomic mass is 10.1. The Hall–Kier alpha value is -2.82. The molecule has 2 aliphatic heterocycles. The maximum Gasteiger partial charge on any atom is 0.257 e. The number of carbonyl (C=O) groups is 1. The van der Waals surface area contributed by atoms with E-state index in [0.717, 1.165) is 6.07 Å². The summed E-state index contributed by atoms with van der Waals surface area (Å²) in [5.41, 5.74) is -1.27. The quantitative estimate of drug-likeness (QED) is 0.696. The van der Waals surface area contributed by atoms with E-state index in [-0.39, 0.29) is 36.0 Å². The van der Waals surface area contributed by atoms with Gasteiger partial charge in [-0.3, -0.25) is 9.59 Å². The summed E-state index contributed by atoms with van der Waals surface area (Å²) in [6.45, 7) is 2.17. The zero-order valence-electron chi connectivity index (χ0n) is 15.4. The number of nitrogens with zero attached hydrogens (tertiary/aromatic N) is 2. The minimum absolute atomic E-state index is 0.00951. The zero-order valence-corrected chi connectivity index (χ0v) is 15.4. The molecule has 3 atom stereocenters. The lowest BCUT2D eigenvalue weighted by Gasteiger charge is -2.38. The Bertz CT molecular complexity index is 1040. The highest BCUT2D eigenvalue weighted by Gasteiger charge is 2.43. The molecule has 0 aliphatic carbocycles. The maximum absolute atomic E-state index is 13.7. The van der Waals surface area contributed by atoms with Crippen LogP contribution in [0.2, 0.25) is 0 Å². The van der Waals surface area contributed by atoms with Crippen molar-refractivity contribution in [2.45, 2.75) is 38.5 Å². The molecule has 0 bridgehead atoms. The van der Waals surface area contributed by atoms with Crippen molar-refractivity contribution in [1.29, 1.82) is 0 Å². The van der Waals surface area contributed by atoms with Crippen LogP contribution in [0.25, 0.3) is 0 Å². The van der Waals surface area contributed by atoms with Crippen LogP contribution in [-0.4, -0.2) is 44.5 Å². The summed E-state index contributed by atoms with van der Waals surface area (Å²) in [7, 11) is 0. The van der Waals surface area contributed by atoms with Crippen molar-refractivity contribution in [3.8, 4) is 5.75 Å². The van der Waals surface area contributed by atoms with Gasteiger partial charge in [-0.05, 0) is 13.0 Å². The number of carbonyl (C=O) groups excluding carboxylic acids is 1. The second kappa shape index (κ2) is 7.21. The molecule has 0 saturated carbocycles. The van der Waals surface area contributed by atoms with Crippen LogP contribution in [0.5, 0.6) is 5.75 Å². The smallest absolute Gasteiger partial charge is 0.257 e. The van der Waals surface area contributed by atoms with E-state index in [1.165, 1.54) is 16.8 Å². The third-order valence-corrected chi connectivity index (χ3v) is 5.25. The molecule has 2 aromatic rings. The Labute approximate surface area is 163 Å². The van der Waals surface area contributed by atoms with Gasteiger partial charge in [0, 0.05) is 30.4 Å². The van der Waals surface area contributed by atoms with Gasteiger partial charge in [0.1, 0.15) is 29.1 Å². The standard InChI is InChI=1S/C19H19F2N3O5/c1-9-8-29-14-7-23-6-12(16(25)17(26)15(23)19(28)24(9)14)18(27)22-5-10-2-3-11(20)4-13(10)21/h2-4,6,9,14,19,26,28H,5,7-8H2,1H3,(H,22,27)/t9-,14+,19-/m0/s1. The number of hydrogen-bond donors (Lipinski definition) is 3. The predicted octanol–water partition coefficient (Wildman–Crippen LogP) is 0.813. The van der Waals surface area contributed by atoms with Gasteiger partial charge in [0.25, 0.3) is 5.91 Å². The minimum atomic E-state index is -1.26. The lowest BCUT2D eigenvalue weighted by Crippen LogP contribution is -2.47. The summed E-state index contributed by atoms with van der Waals surface area (Å²) < 4.78 is 33.7. The van der Waals surface area contributed by atoms with Crippen LogP contribution in [0, 0.1) is 11.6 Å². The minimum Gasteiger partial charge on any atom is -0.503 e. The van der Waals surface area contributed by atoms with Crippen molar-refractivity contribution in [3.05, 3.63) is 63.1 Å². The van der Waals surface area contributed by atoms with Gasteiger partial charge in [-0.25, -0.2) is 13.7 Å². The highest BCUT2D eigenvalue weighted by atomic mass is 19.1. The van der Waals surface area contributed by atoms with Crippen molar-refractivity contribution >= 4 is 5.91 Å². The molecule has 10 heteroatoms. The summed E-state index contributed by atoms with van der Waals surface area (Å²) in [5, 5.41) is 23.3. The summed E-state index contributed by atoms with van der Waals surface area (Å²) in [4.78, 5) is 26.6. The van der Waals surface area contributed by atoms with Crippen LogP contribution >= 0.6 is 0 Å². The number of benzene rings is 1. The van der Waals surface area contributed by atoms with E-state index in [4.69, 9.17) is 4.74 Å². The van der Waals surface area contributed by atoms with Crippen LogP contribution in [0.4, 0.5) is 8.78 Å². The van der Waals surface area contributed by atoms with Crippen molar-refractivity contribution in [2.75, 3.05) is 6.61 Å². The Morgan fingerprint density at radius 3 is 2.86 bits per heavy atom. The van der Waals surface area contributed by atoms with E-state index in [1.807, 2.05) is 6.92 Å². The molecule has 0 unspecified atom stereocenters. The Kier molecular flexibility index (Phi) is 4.85. The molecule has 1 aromatic heterocycles. The molecule has 2 aliphatic rings. The number of amides is 1. The first kappa shape index (κ1) is 19.5. The van der Waals surface area contributed by atoms with E-state index in [0.29, 0.717) is 12.7 Å². The first-order chi connectivity index (χ1) is 13.8. The number of ether oxygens (including phenoxy) is 1. The monoisotopic (exact) mass is 407 g/mol. The van der Waals surface area contributed by atoms with Gasteiger partial charge in [0.2, 0.25) is 5.43 Å². The van der Waals surface area contributed by atoms with Gasteiger partial charge in [-0.1, -0.05) is 6.07 Å². The largest absolute Gasteiger partial charge is 0.503 e. The van der Waals surface area contributed by atoms with E-state index >= 15 is 0 Å². The number of aliphatic hydroxyl groups excluding tert-OH is 1. The predicted molar refractivity (Wildman–Crippen MR) is 95.9 cm³/mol. The van der Waals surface area contributed by atoms with Gasteiger partial charge in [-0.15, -0.1) is 0 Å². The molecule has 154 valence electrons. The second-order valence-corrected chi connectivity index (χ2v) is 7.13. The number of rotatable bonds is 3. The van der Waals surface area contributed by atoms with Crippen LogP contribution in [0.15, 0.2) is 29.2 Å². The normalized spacial score (nSPS) is 23.5. The van der Waals surface area contributed by atoms with Gasteiger partial charge in [-0.2, -0.15) is 0 Å². The SMILES string of the molecule is C[C@H]1CO[C@@H]2Cn3cc(C(=O)NCc4ccc(F)cc4F)c(=O)c(O)c3[C@H](O)N12. The van der Waals surface area contributed by atoms with Crippen molar-refractivity contribution in [2.24, 2.45) is 0 Å². The molecule has 0 radical (unpaired) electrons. The van der Waals surface area contributed by atoms with E-state index in [1.54, 1.807) is 4.90 Å². The Morgan fingerprint density at radius 2 is 2.14 bits per heavy atom. The number of pyridine rings is 1. The highest BCUT2D eigenvalue weighted by Crippen LogP contribution is 2.36. The molecule has 4 rings (SSSR count). The second-order valence-electron chi connectivity index (χ2n) is 7.13. The molecule has 8 nitrogen and oxygen atoms in total. The molecule has 3 N–H and O–H groups in total. The molecular formula is C19H19F2N3O5. The van der Waals surface area contributed by atoms with Crippen molar-refractivity contribution in [1.82, 2.24) is 14.8 Å². The van der Waals surface area contributed by atoms with E-state index in [2.05, 4.69) is 5.32 Å². The fraction of sp³-hybridized carbons (Fsp3) is 0.368. The van der Waals surface area contributed by atoms with E-state index < -0.39 is 41.2 Å². The first-order valence-electron chi connectivity index (χ1n) is 9.03. The molecule has 0 spiro atoms. The van der Waals surface area contributed by atoms with Gasteiger partial charge in [0.15, 0.2) is 12.0 Å². The molecule has 29 heavy (non-hydrogen) atoms. The van der Waals surface area contributed by atoms with Crippen LogP contribution in [0.3, 0.4) is 0 Å². The number of aliphatic hydroxyl groups is 1. The molecule has 1 aromatic carbocycles. The van der Waals surface area contributed by atoms with Crippen LogP contribution in [-0.2, 0) is 17.8 Å². The van der Waals surface area contributed by atoms with Crippen molar-refractivity contribution in [3.63, 3.8) is 0 Å². The third kappa shape index (κ3) is 3.28. The number of hydrogen-bond acceptors (Lipinski definition) is 6. The number of aromatic nitrogens is 1. The Morgan fingerprint density at radius 1 is 1.38 bits per heavy atom. The fourth-order valence-corrected chi connectivity index (χ4v) is 3.74. The Balaban J connectivity index is 1.61. The van der Waals surface area contributed by atoms with Crippen LogP contribution in [0.1, 0.15) is 34.8 Å². The fourth-order valence-electron chi connectivity index (χ4n) is 3.74. The number of fused-ring (bicyclic) bond motifs is 2. The maximum atomic E-state index is 13.7.